The molecule has 1 fully saturated rings. The van der Waals surface area contributed by atoms with E-state index in [0.29, 0.717) is 38.5 Å². The molecule has 0 saturated carbocycles. The molecule has 188 valence electrons. The molecule has 4 rings (SSSR count). The van der Waals surface area contributed by atoms with Crippen molar-refractivity contribution in [1.82, 2.24) is 19.4 Å². The molecule has 3 heterocycles. The summed E-state index contributed by atoms with van der Waals surface area (Å²) < 4.78 is 40.6. The highest BCUT2D eigenvalue weighted by atomic mass is 19.4. The number of likely N-dealkylation sites (tertiary alicyclic amines) is 1. The number of amides is 1. The first-order chi connectivity index (χ1) is 16.7. The number of hydrogen-bond donors (Lipinski definition) is 2. The highest BCUT2D eigenvalue weighted by Gasteiger charge is 2.30. The number of rotatable bonds is 8. The van der Waals surface area contributed by atoms with Gasteiger partial charge >= 0.3 is 6.18 Å². The first kappa shape index (κ1) is 24.9. The van der Waals surface area contributed by atoms with E-state index in [1.807, 2.05) is 33.6 Å². The minimum Gasteiger partial charge on any atom is -0.391 e. The number of alkyl halides is 3. The zero-order valence-electron chi connectivity index (χ0n) is 19.4. The average Bonchev–Trinajstić information content (AvgIpc) is 3.21. The summed E-state index contributed by atoms with van der Waals surface area (Å²) >= 11 is 0. The molecule has 1 aliphatic rings. The van der Waals surface area contributed by atoms with Crippen molar-refractivity contribution >= 4 is 22.8 Å². The van der Waals surface area contributed by atoms with Gasteiger partial charge in [-0.2, -0.15) is 13.2 Å². The van der Waals surface area contributed by atoms with Crippen molar-refractivity contribution in [2.45, 2.75) is 38.7 Å². The summed E-state index contributed by atoms with van der Waals surface area (Å²) in [6, 6.07) is 7.08. The molecule has 3 N–H and O–H groups in total. The van der Waals surface area contributed by atoms with E-state index in [1.54, 1.807) is 0 Å². The van der Waals surface area contributed by atoms with Crippen LogP contribution in [0.3, 0.4) is 0 Å². The summed E-state index contributed by atoms with van der Waals surface area (Å²) in [6.07, 6.45) is -0.835. The number of nitrogens with two attached hydrogens (primary N) is 1. The molecule has 1 amide bonds. The Balaban J connectivity index is 1.50. The number of β-amino-alcohol motifs (C(OH)–C–C–N with tert-alkyl or cyclic N) is 1. The maximum Gasteiger partial charge on any atom is 0.416 e. The standard InChI is InChI=1S/C24H29F3N6O2/c1-2-32(11-16-3-5-18(6-4-16)24(25,26)27)22-19-8-10-33(23(19)30-15-29-22)12-17-7-9-31(13-20(17)34)14-21(28)35/h3-6,8,10,15,17,20,34H,2,7,9,11-14H2,1H3,(H2,28,35). The second-order valence-corrected chi connectivity index (χ2v) is 8.93. The van der Waals surface area contributed by atoms with Gasteiger partial charge in [-0.3, -0.25) is 9.69 Å². The van der Waals surface area contributed by atoms with Crippen molar-refractivity contribution in [3.63, 3.8) is 0 Å². The molecular weight excluding hydrogens is 461 g/mol. The van der Waals surface area contributed by atoms with Gasteiger partial charge in [0.25, 0.3) is 0 Å². The number of carbonyl (C=O) groups excluding carboxylic acids is 1. The third kappa shape index (κ3) is 5.73. The number of aliphatic hydroxyl groups is 1. The summed E-state index contributed by atoms with van der Waals surface area (Å²) in [5, 5.41) is 11.5. The molecule has 3 aromatic rings. The molecule has 2 aromatic heterocycles. The molecule has 11 heteroatoms. The summed E-state index contributed by atoms with van der Waals surface area (Å²) in [5.74, 6) is 0.295. The number of fused-ring (bicyclic) bond motifs is 1. The molecule has 35 heavy (non-hydrogen) atoms. The number of nitrogens with zero attached hydrogens (tertiary/aromatic N) is 5. The van der Waals surface area contributed by atoms with Crippen LogP contribution in [0.5, 0.6) is 0 Å². The zero-order valence-corrected chi connectivity index (χ0v) is 19.4. The Labute approximate surface area is 201 Å². The van der Waals surface area contributed by atoms with E-state index in [0.717, 1.165) is 35.2 Å². The predicted molar refractivity (Wildman–Crippen MR) is 125 cm³/mol. The van der Waals surface area contributed by atoms with Gasteiger partial charge in [0.15, 0.2) is 0 Å². The van der Waals surface area contributed by atoms with Crippen LogP contribution in [0.15, 0.2) is 42.9 Å². The fourth-order valence-corrected chi connectivity index (χ4v) is 4.62. The maximum atomic E-state index is 12.9. The summed E-state index contributed by atoms with van der Waals surface area (Å²) in [7, 11) is 0. The number of primary amides is 1. The van der Waals surface area contributed by atoms with Gasteiger partial charge in [0.05, 0.1) is 23.6 Å². The summed E-state index contributed by atoms with van der Waals surface area (Å²) in [5.41, 5.74) is 6.07. The lowest BCUT2D eigenvalue weighted by molar-refractivity contribution is -0.137. The van der Waals surface area contributed by atoms with Crippen LogP contribution in [-0.2, 0) is 24.1 Å². The number of piperidine rings is 1. The Morgan fingerprint density at radius 2 is 1.97 bits per heavy atom. The van der Waals surface area contributed by atoms with E-state index in [4.69, 9.17) is 5.73 Å². The lowest BCUT2D eigenvalue weighted by atomic mass is 9.93. The molecule has 0 radical (unpaired) electrons. The molecule has 0 bridgehead atoms. The third-order valence-electron chi connectivity index (χ3n) is 6.49. The fourth-order valence-electron chi connectivity index (χ4n) is 4.62. The molecule has 1 aliphatic heterocycles. The lowest BCUT2D eigenvalue weighted by Crippen LogP contribution is -2.47. The van der Waals surface area contributed by atoms with Gasteiger partial charge in [0.1, 0.15) is 17.8 Å². The molecule has 0 spiro atoms. The van der Waals surface area contributed by atoms with E-state index in [2.05, 4.69) is 9.97 Å². The first-order valence-electron chi connectivity index (χ1n) is 11.6. The average molecular weight is 491 g/mol. The molecule has 2 atom stereocenters. The minimum absolute atomic E-state index is 0.00238. The van der Waals surface area contributed by atoms with Crippen LogP contribution in [0.1, 0.15) is 24.5 Å². The Hall–Kier alpha value is -3.18. The fraction of sp³-hybridized carbons (Fsp3) is 0.458. The van der Waals surface area contributed by atoms with E-state index in [1.165, 1.54) is 18.5 Å². The normalized spacial score (nSPS) is 19.2. The largest absolute Gasteiger partial charge is 0.416 e. The minimum atomic E-state index is -4.36. The third-order valence-corrected chi connectivity index (χ3v) is 6.49. The summed E-state index contributed by atoms with van der Waals surface area (Å²) in [6.45, 7) is 4.75. The quantitative estimate of drug-likeness (QED) is 0.504. The molecule has 8 nitrogen and oxygen atoms in total. The van der Waals surface area contributed by atoms with Gasteiger partial charge < -0.3 is 20.3 Å². The summed E-state index contributed by atoms with van der Waals surface area (Å²) in [4.78, 5) is 23.9. The molecule has 1 saturated heterocycles. The lowest BCUT2D eigenvalue weighted by Gasteiger charge is -2.35. The maximum absolute atomic E-state index is 12.9. The van der Waals surface area contributed by atoms with Crippen molar-refractivity contribution < 1.29 is 23.1 Å². The first-order valence-corrected chi connectivity index (χ1v) is 11.6. The number of hydrogen-bond acceptors (Lipinski definition) is 6. The smallest absolute Gasteiger partial charge is 0.391 e. The van der Waals surface area contributed by atoms with Gasteiger partial charge in [-0.25, -0.2) is 9.97 Å². The van der Waals surface area contributed by atoms with Gasteiger partial charge in [-0.1, -0.05) is 12.1 Å². The number of benzene rings is 1. The van der Waals surface area contributed by atoms with Gasteiger partial charge in [0, 0.05) is 38.3 Å². The van der Waals surface area contributed by atoms with Crippen molar-refractivity contribution in [2.75, 3.05) is 31.1 Å². The van der Waals surface area contributed by atoms with Gasteiger partial charge in [-0.15, -0.1) is 0 Å². The number of aliphatic hydroxyl groups excluding tert-OH is 1. The molecular formula is C24H29F3N6O2. The highest BCUT2D eigenvalue weighted by molar-refractivity contribution is 5.87. The Kier molecular flexibility index (Phi) is 7.27. The predicted octanol–water partition coefficient (Wildman–Crippen LogP) is 2.64. The van der Waals surface area contributed by atoms with E-state index >= 15 is 0 Å². The van der Waals surface area contributed by atoms with Crippen LogP contribution in [0.4, 0.5) is 19.0 Å². The Morgan fingerprint density at radius 1 is 1.23 bits per heavy atom. The topological polar surface area (TPSA) is 101 Å². The SMILES string of the molecule is CCN(Cc1ccc(C(F)(F)F)cc1)c1ncnc2c1ccn2CC1CCN(CC(N)=O)CC1O. The van der Waals surface area contributed by atoms with Crippen molar-refractivity contribution in [3.05, 3.63) is 54.0 Å². The zero-order chi connectivity index (χ0) is 25.2. The van der Waals surface area contributed by atoms with Crippen molar-refractivity contribution in [2.24, 2.45) is 11.7 Å². The number of carbonyl (C=O) groups is 1. The Morgan fingerprint density at radius 3 is 2.60 bits per heavy atom. The molecule has 2 unspecified atom stereocenters. The van der Waals surface area contributed by atoms with Crippen LogP contribution in [0.25, 0.3) is 11.0 Å². The van der Waals surface area contributed by atoms with Gasteiger partial charge in [-0.05, 0) is 43.7 Å². The number of anilines is 1. The van der Waals surface area contributed by atoms with E-state index in [9.17, 15) is 23.1 Å². The number of halogens is 3. The number of aromatic nitrogens is 3. The van der Waals surface area contributed by atoms with E-state index in [-0.39, 0.29) is 12.5 Å². The monoisotopic (exact) mass is 490 g/mol. The molecule has 0 aliphatic carbocycles. The van der Waals surface area contributed by atoms with Crippen molar-refractivity contribution in [3.8, 4) is 0 Å². The highest BCUT2D eigenvalue weighted by Crippen LogP contribution is 2.30. The second-order valence-electron chi connectivity index (χ2n) is 8.93. The molecule has 1 aromatic carbocycles. The van der Waals surface area contributed by atoms with Crippen LogP contribution in [-0.4, -0.2) is 62.7 Å². The van der Waals surface area contributed by atoms with Crippen LogP contribution >= 0.6 is 0 Å². The Bertz CT molecular complexity index is 1160. The van der Waals surface area contributed by atoms with Gasteiger partial charge in [0.2, 0.25) is 5.91 Å². The van der Waals surface area contributed by atoms with Crippen molar-refractivity contribution in [1.29, 1.82) is 0 Å². The van der Waals surface area contributed by atoms with E-state index < -0.39 is 23.8 Å². The van der Waals surface area contributed by atoms with Crippen LogP contribution in [0, 0.1) is 5.92 Å². The van der Waals surface area contributed by atoms with Crippen LogP contribution < -0.4 is 10.6 Å². The van der Waals surface area contributed by atoms with Crippen LogP contribution in [0.2, 0.25) is 0 Å². The second kappa shape index (κ2) is 10.2.